The number of aliphatic imine (C=N–C) groups is 1. The molecule has 0 spiro atoms. The summed E-state index contributed by atoms with van der Waals surface area (Å²) in [5.74, 6) is 1.54. The molecule has 132 valence electrons. The van der Waals surface area contributed by atoms with Gasteiger partial charge in [-0.15, -0.1) is 24.0 Å². The molecule has 1 aromatic carbocycles. The van der Waals surface area contributed by atoms with Gasteiger partial charge >= 0.3 is 0 Å². The van der Waals surface area contributed by atoms with Crippen molar-refractivity contribution in [1.29, 1.82) is 0 Å². The number of benzene rings is 1. The van der Waals surface area contributed by atoms with Crippen molar-refractivity contribution in [3.05, 3.63) is 51.8 Å². The summed E-state index contributed by atoms with van der Waals surface area (Å²) in [6.45, 7) is 1.24. The summed E-state index contributed by atoms with van der Waals surface area (Å²) in [5, 5.41) is 7.57. The van der Waals surface area contributed by atoms with E-state index in [2.05, 4.69) is 15.6 Å². The molecule has 1 aromatic heterocycles. The standard InChI is InChI=1S/C16H20Cl2N4O.HI/c1-19-16(20-9-11-4-6-13(23-3)7-5-11)21-10-12-8-14(17)15(18)22(12)2;/h4-8H,9-10H2,1-3H3,(H2,19,20,21);1H. The van der Waals surface area contributed by atoms with Crippen molar-refractivity contribution in [2.45, 2.75) is 13.1 Å². The van der Waals surface area contributed by atoms with Gasteiger partial charge < -0.3 is 19.9 Å². The van der Waals surface area contributed by atoms with Gasteiger partial charge in [-0.25, -0.2) is 0 Å². The molecule has 2 N–H and O–H groups in total. The van der Waals surface area contributed by atoms with Crippen LogP contribution in [-0.2, 0) is 20.1 Å². The number of guanidine groups is 1. The number of halogens is 3. The number of rotatable bonds is 5. The third-order valence-electron chi connectivity index (χ3n) is 3.50. The van der Waals surface area contributed by atoms with Gasteiger partial charge in [0, 0.05) is 26.3 Å². The van der Waals surface area contributed by atoms with Gasteiger partial charge in [0.25, 0.3) is 0 Å². The van der Waals surface area contributed by atoms with Gasteiger partial charge in [-0.2, -0.15) is 0 Å². The summed E-state index contributed by atoms with van der Waals surface area (Å²) >= 11 is 12.1. The van der Waals surface area contributed by atoms with E-state index in [1.54, 1.807) is 14.2 Å². The molecule has 0 unspecified atom stereocenters. The highest BCUT2D eigenvalue weighted by Crippen LogP contribution is 2.24. The van der Waals surface area contributed by atoms with Crippen molar-refractivity contribution in [2.75, 3.05) is 14.2 Å². The predicted molar refractivity (Wildman–Crippen MR) is 111 cm³/mol. The fourth-order valence-corrected chi connectivity index (χ4v) is 2.50. The van der Waals surface area contributed by atoms with E-state index in [0.29, 0.717) is 29.2 Å². The Hall–Kier alpha value is -1.12. The minimum absolute atomic E-state index is 0. The summed E-state index contributed by atoms with van der Waals surface area (Å²) in [5.41, 5.74) is 2.12. The van der Waals surface area contributed by atoms with Crippen molar-refractivity contribution < 1.29 is 4.74 Å². The van der Waals surface area contributed by atoms with Crippen LogP contribution in [0.15, 0.2) is 35.3 Å². The molecule has 0 saturated heterocycles. The zero-order chi connectivity index (χ0) is 16.8. The SMILES string of the molecule is CN=C(NCc1ccc(OC)cc1)NCc1cc(Cl)c(Cl)n1C.I. The lowest BCUT2D eigenvalue weighted by Crippen LogP contribution is -2.36. The Kier molecular flexibility index (Phi) is 8.72. The number of aromatic nitrogens is 1. The molecule has 2 rings (SSSR count). The number of hydrogen-bond donors (Lipinski definition) is 2. The van der Waals surface area contributed by atoms with E-state index in [0.717, 1.165) is 17.0 Å². The van der Waals surface area contributed by atoms with Crippen LogP contribution in [0.3, 0.4) is 0 Å². The molecule has 8 heteroatoms. The van der Waals surface area contributed by atoms with Crippen molar-refractivity contribution >= 4 is 53.1 Å². The molecule has 0 atom stereocenters. The minimum atomic E-state index is 0. The van der Waals surface area contributed by atoms with E-state index >= 15 is 0 Å². The molecule has 0 saturated carbocycles. The molecular weight excluding hydrogens is 462 g/mol. The summed E-state index contributed by atoms with van der Waals surface area (Å²) in [6.07, 6.45) is 0. The Labute approximate surface area is 169 Å². The van der Waals surface area contributed by atoms with Crippen LogP contribution in [0, 0.1) is 0 Å². The maximum absolute atomic E-state index is 6.06. The second-order valence-electron chi connectivity index (χ2n) is 4.96. The van der Waals surface area contributed by atoms with Crippen LogP contribution >= 0.6 is 47.2 Å². The first-order chi connectivity index (χ1) is 11.0. The fraction of sp³-hybridized carbons (Fsp3) is 0.312. The van der Waals surface area contributed by atoms with E-state index in [1.165, 1.54) is 0 Å². The smallest absolute Gasteiger partial charge is 0.191 e. The molecule has 0 fully saturated rings. The van der Waals surface area contributed by atoms with Crippen molar-refractivity contribution in [2.24, 2.45) is 12.0 Å². The molecule has 1 heterocycles. The van der Waals surface area contributed by atoms with Gasteiger partial charge in [0.05, 0.1) is 18.7 Å². The number of ether oxygens (including phenoxy) is 1. The summed E-state index contributed by atoms with van der Waals surface area (Å²) in [7, 11) is 5.26. The highest BCUT2D eigenvalue weighted by Gasteiger charge is 2.09. The van der Waals surface area contributed by atoms with Crippen molar-refractivity contribution in [1.82, 2.24) is 15.2 Å². The topological polar surface area (TPSA) is 50.6 Å². The first-order valence-corrected chi connectivity index (χ1v) is 7.87. The average molecular weight is 483 g/mol. The van der Waals surface area contributed by atoms with Crippen LogP contribution in [0.5, 0.6) is 5.75 Å². The lowest BCUT2D eigenvalue weighted by Gasteiger charge is -2.13. The van der Waals surface area contributed by atoms with Crippen LogP contribution in [0.1, 0.15) is 11.3 Å². The average Bonchev–Trinajstić information content (AvgIpc) is 2.82. The monoisotopic (exact) mass is 482 g/mol. The Balaban J connectivity index is 0.00000288. The van der Waals surface area contributed by atoms with Crippen LogP contribution in [0.2, 0.25) is 10.2 Å². The summed E-state index contributed by atoms with van der Waals surface area (Å²) in [6, 6.07) is 9.72. The number of hydrogen-bond acceptors (Lipinski definition) is 2. The molecule has 0 radical (unpaired) electrons. The predicted octanol–water partition coefficient (Wildman–Crippen LogP) is 3.82. The second-order valence-corrected chi connectivity index (χ2v) is 5.73. The zero-order valence-electron chi connectivity index (χ0n) is 13.8. The third-order valence-corrected chi connectivity index (χ3v) is 4.34. The van der Waals surface area contributed by atoms with E-state index in [4.69, 9.17) is 27.9 Å². The number of methoxy groups -OCH3 is 1. The Morgan fingerprint density at radius 2 is 1.79 bits per heavy atom. The van der Waals surface area contributed by atoms with E-state index < -0.39 is 0 Å². The van der Waals surface area contributed by atoms with Crippen LogP contribution < -0.4 is 15.4 Å². The number of nitrogens with one attached hydrogen (secondary N) is 2. The van der Waals surface area contributed by atoms with Crippen LogP contribution in [0.25, 0.3) is 0 Å². The quantitative estimate of drug-likeness (QED) is 0.387. The van der Waals surface area contributed by atoms with Gasteiger partial charge in [-0.3, -0.25) is 4.99 Å². The molecular formula is C16H21Cl2IN4O. The minimum Gasteiger partial charge on any atom is -0.497 e. The lowest BCUT2D eigenvalue weighted by molar-refractivity contribution is 0.414. The van der Waals surface area contributed by atoms with Gasteiger partial charge in [0.1, 0.15) is 10.9 Å². The molecule has 0 aliphatic heterocycles. The summed E-state index contributed by atoms with van der Waals surface area (Å²) in [4.78, 5) is 4.21. The maximum atomic E-state index is 6.06. The third kappa shape index (κ3) is 5.46. The van der Waals surface area contributed by atoms with Crippen LogP contribution in [0.4, 0.5) is 0 Å². The lowest BCUT2D eigenvalue weighted by atomic mass is 10.2. The van der Waals surface area contributed by atoms with Crippen molar-refractivity contribution in [3.8, 4) is 5.75 Å². The molecule has 24 heavy (non-hydrogen) atoms. The Morgan fingerprint density at radius 1 is 1.17 bits per heavy atom. The highest BCUT2D eigenvalue weighted by atomic mass is 127. The molecule has 0 aliphatic rings. The van der Waals surface area contributed by atoms with Gasteiger partial charge in [0.2, 0.25) is 0 Å². The van der Waals surface area contributed by atoms with Gasteiger partial charge in [0.15, 0.2) is 5.96 Å². The van der Waals surface area contributed by atoms with Gasteiger partial charge in [-0.1, -0.05) is 35.3 Å². The van der Waals surface area contributed by atoms with Crippen LogP contribution in [-0.4, -0.2) is 24.7 Å². The summed E-state index contributed by atoms with van der Waals surface area (Å²) < 4.78 is 6.99. The highest BCUT2D eigenvalue weighted by molar-refractivity contribution is 14.0. The molecule has 0 bridgehead atoms. The number of nitrogens with zero attached hydrogens (tertiary/aromatic N) is 2. The first-order valence-electron chi connectivity index (χ1n) is 7.12. The Bertz CT molecular complexity index is 686. The van der Waals surface area contributed by atoms with E-state index in [-0.39, 0.29) is 24.0 Å². The maximum Gasteiger partial charge on any atom is 0.191 e. The molecule has 5 nitrogen and oxygen atoms in total. The largest absolute Gasteiger partial charge is 0.497 e. The van der Waals surface area contributed by atoms with Gasteiger partial charge in [-0.05, 0) is 23.8 Å². The van der Waals surface area contributed by atoms with E-state index in [9.17, 15) is 0 Å². The Morgan fingerprint density at radius 3 is 2.29 bits per heavy atom. The first kappa shape index (κ1) is 20.9. The molecule has 2 aromatic rings. The normalized spacial score (nSPS) is 11.0. The second kappa shape index (κ2) is 10.0. The fourth-order valence-electron chi connectivity index (χ4n) is 2.08. The van der Waals surface area contributed by atoms with E-state index in [1.807, 2.05) is 41.9 Å². The molecule has 0 aliphatic carbocycles. The zero-order valence-corrected chi connectivity index (χ0v) is 17.6. The van der Waals surface area contributed by atoms with Crippen molar-refractivity contribution in [3.63, 3.8) is 0 Å². The molecule has 0 amide bonds.